The van der Waals surface area contributed by atoms with Gasteiger partial charge in [-0.25, -0.2) is 0 Å². The van der Waals surface area contributed by atoms with E-state index < -0.39 is 0 Å². The molecule has 2 nitrogen and oxygen atoms in total. The van der Waals surface area contributed by atoms with Gasteiger partial charge in [-0.2, -0.15) is 0 Å². The van der Waals surface area contributed by atoms with Crippen molar-refractivity contribution in [2.45, 2.75) is 25.4 Å². The van der Waals surface area contributed by atoms with Crippen LogP contribution in [0.3, 0.4) is 0 Å². The highest BCUT2D eigenvalue weighted by molar-refractivity contribution is 6.31. The van der Waals surface area contributed by atoms with Crippen molar-refractivity contribution in [3.8, 4) is 0 Å². The van der Waals surface area contributed by atoms with E-state index in [2.05, 4.69) is 17.4 Å². The molecule has 3 heteroatoms. The number of fused-ring (bicyclic) bond motifs is 3. The summed E-state index contributed by atoms with van der Waals surface area (Å²) in [5, 5.41) is 3.43. The standard InChI is InChI=1S/C14H19ClN2/c15-13-4-2-1-3-12(13)9-16-14-10-17-7-5-11(14)6-8-17/h1-4,11,14,16H,5-10H2/p+2/t14-/m0/s1. The van der Waals surface area contributed by atoms with Gasteiger partial charge in [0, 0.05) is 29.3 Å². The minimum absolute atomic E-state index is 0.823. The van der Waals surface area contributed by atoms with Gasteiger partial charge in [0.1, 0.15) is 19.1 Å². The summed E-state index contributed by atoms with van der Waals surface area (Å²) in [4.78, 5) is 1.81. The maximum Gasteiger partial charge on any atom is 0.139 e. The molecule has 17 heavy (non-hydrogen) atoms. The van der Waals surface area contributed by atoms with Crippen LogP contribution in [0.1, 0.15) is 18.4 Å². The number of rotatable bonds is 3. The summed E-state index contributed by atoms with van der Waals surface area (Å²) in [7, 11) is 0. The lowest BCUT2D eigenvalue weighted by Gasteiger charge is -2.40. The molecule has 0 spiro atoms. The molecule has 3 heterocycles. The van der Waals surface area contributed by atoms with Crippen molar-refractivity contribution in [1.82, 2.24) is 0 Å². The van der Waals surface area contributed by atoms with Crippen LogP contribution in [0, 0.1) is 5.92 Å². The van der Waals surface area contributed by atoms with Crippen LogP contribution in [-0.4, -0.2) is 25.7 Å². The molecule has 92 valence electrons. The average molecular weight is 253 g/mol. The van der Waals surface area contributed by atoms with Gasteiger partial charge in [-0.15, -0.1) is 0 Å². The zero-order valence-electron chi connectivity index (χ0n) is 10.2. The van der Waals surface area contributed by atoms with Crippen molar-refractivity contribution in [3.05, 3.63) is 34.9 Å². The van der Waals surface area contributed by atoms with E-state index in [-0.39, 0.29) is 0 Å². The maximum atomic E-state index is 6.20. The van der Waals surface area contributed by atoms with E-state index >= 15 is 0 Å². The van der Waals surface area contributed by atoms with Gasteiger partial charge >= 0.3 is 0 Å². The molecular formula is C14H21ClN2+2. The van der Waals surface area contributed by atoms with E-state index in [4.69, 9.17) is 11.6 Å². The highest BCUT2D eigenvalue weighted by Crippen LogP contribution is 2.17. The van der Waals surface area contributed by atoms with Crippen LogP contribution in [0.2, 0.25) is 5.02 Å². The quantitative estimate of drug-likeness (QED) is 0.761. The van der Waals surface area contributed by atoms with Gasteiger partial charge in [0.15, 0.2) is 0 Å². The van der Waals surface area contributed by atoms with Crippen LogP contribution in [0.15, 0.2) is 24.3 Å². The minimum atomic E-state index is 0.823. The van der Waals surface area contributed by atoms with Crippen LogP contribution in [-0.2, 0) is 6.54 Å². The number of benzene rings is 1. The number of quaternary nitrogens is 2. The first-order valence-electron chi connectivity index (χ1n) is 6.73. The summed E-state index contributed by atoms with van der Waals surface area (Å²) in [6, 6.07) is 9.05. The van der Waals surface area contributed by atoms with E-state index in [1.807, 2.05) is 17.0 Å². The Bertz CT molecular complexity index is 386. The van der Waals surface area contributed by atoms with Crippen LogP contribution < -0.4 is 10.2 Å². The van der Waals surface area contributed by atoms with Crippen molar-refractivity contribution >= 4 is 11.6 Å². The van der Waals surface area contributed by atoms with Gasteiger partial charge in [0.05, 0.1) is 13.1 Å². The number of halogens is 1. The predicted molar refractivity (Wildman–Crippen MR) is 69.2 cm³/mol. The molecule has 0 saturated carbocycles. The van der Waals surface area contributed by atoms with Gasteiger partial charge in [-0.3, -0.25) is 0 Å². The second-order valence-corrected chi connectivity index (χ2v) is 5.89. The average Bonchev–Trinajstić information content (AvgIpc) is 2.39. The number of nitrogens with two attached hydrogens (primary N) is 1. The Hall–Kier alpha value is -0.570. The molecule has 3 aliphatic heterocycles. The number of hydrogen-bond donors (Lipinski definition) is 2. The maximum absolute atomic E-state index is 6.20. The summed E-state index contributed by atoms with van der Waals surface area (Å²) >= 11 is 6.20. The lowest BCUT2D eigenvalue weighted by molar-refractivity contribution is -0.943. The van der Waals surface area contributed by atoms with Gasteiger partial charge < -0.3 is 10.2 Å². The fourth-order valence-corrected chi connectivity index (χ4v) is 3.61. The highest BCUT2D eigenvalue weighted by Gasteiger charge is 2.39. The summed E-state index contributed by atoms with van der Waals surface area (Å²) in [6.07, 6.45) is 2.86. The van der Waals surface area contributed by atoms with Crippen LogP contribution in [0.25, 0.3) is 0 Å². The van der Waals surface area contributed by atoms with Crippen molar-refractivity contribution in [2.24, 2.45) is 5.92 Å². The number of hydrogen-bond acceptors (Lipinski definition) is 0. The van der Waals surface area contributed by atoms with E-state index in [0.717, 1.165) is 23.5 Å². The Labute approximate surface area is 108 Å². The summed E-state index contributed by atoms with van der Waals surface area (Å²) < 4.78 is 0. The third-order valence-corrected chi connectivity index (χ3v) is 4.83. The molecule has 1 atom stereocenters. The predicted octanol–water partition coefficient (Wildman–Crippen LogP) is 0.0805. The van der Waals surface area contributed by atoms with Gasteiger partial charge in [0.25, 0.3) is 0 Å². The Balaban J connectivity index is 1.60. The normalized spacial score (nSPS) is 31.7. The minimum Gasteiger partial charge on any atom is -0.335 e. The molecule has 3 N–H and O–H groups in total. The third kappa shape index (κ3) is 2.49. The van der Waals surface area contributed by atoms with Crippen molar-refractivity contribution in [3.63, 3.8) is 0 Å². The number of nitrogens with one attached hydrogen (secondary N) is 1. The largest absolute Gasteiger partial charge is 0.335 e. The fraction of sp³-hybridized carbons (Fsp3) is 0.571. The molecule has 0 aliphatic carbocycles. The second-order valence-electron chi connectivity index (χ2n) is 5.49. The van der Waals surface area contributed by atoms with Crippen LogP contribution in [0.5, 0.6) is 0 Å². The van der Waals surface area contributed by atoms with E-state index in [9.17, 15) is 0 Å². The Morgan fingerprint density at radius 1 is 1.24 bits per heavy atom. The molecule has 3 aliphatic rings. The first-order chi connectivity index (χ1) is 8.33. The third-order valence-electron chi connectivity index (χ3n) is 4.47. The molecule has 3 fully saturated rings. The number of piperidine rings is 3. The summed E-state index contributed by atoms with van der Waals surface area (Å²) in [5.74, 6) is 0.954. The lowest BCUT2D eigenvalue weighted by atomic mass is 9.84. The molecule has 1 aromatic carbocycles. The molecule has 0 amide bonds. The molecule has 2 bridgehead atoms. The van der Waals surface area contributed by atoms with E-state index in [1.165, 1.54) is 38.0 Å². The van der Waals surface area contributed by atoms with Crippen molar-refractivity contribution in [1.29, 1.82) is 0 Å². The zero-order chi connectivity index (χ0) is 11.7. The molecule has 4 rings (SSSR count). The smallest absolute Gasteiger partial charge is 0.139 e. The Kier molecular flexibility index (Phi) is 3.37. The van der Waals surface area contributed by atoms with Gasteiger partial charge in [0.2, 0.25) is 0 Å². The molecule has 0 radical (unpaired) electrons. The molecule has 0 unspecified atom stereocenters. The SMILES string of the molecule is Clc1ccccc1C[NH2+][C@H]1C[NH+]2CCC1CC2. The monoisotopic (exact) mass is 252 g/mol. The first-order valence-corrected chi connectivity index (χ1v) is 7.11. The zero-order valence-corrected chi connectivity index (χ0v) is 10.9. The van der Waals surface area contributed by atoms with Crippen LogP contribution >= 0.6 is 11.6 Å². The second kappa shape index (κ2) is 4.97. The van der Waals surface area contributed by atoms with Crippen LogP contribution in [0.4, 0.5) is 0 Å². The summed E-state index contributed by atoms with van der Waals surface area (Å²) in [6.45, 7) is 5.20. The van der Waals surface area contributed by atoms with Crippen molar-refractivity contribution < 1.29 is 10.2 Å². The topological polar surface area (TPSA) is 21.1 Å². The molecule has 3 saturated heterocycles. The lowest BCUT2D eigenvalue weighted by Crippen LogP contribution is -3.20. The van der Waals surface area contributed by atoms with Gasteiger partial charge in [-0.05, 0) is 6.07 Å². The summed E-state index contributed by atoms with van der Waals surface area (Å²) in [5.41, 5.74) is 1.28. The van der Waals surface area contributed by atoms with E-state index in [0.29, 0.717) is 0 Å². The van der Waals surface area contributed by atoms with Gasteiger partial charge in [-0.1, -0.05) is 29.8 Å². The van der Waals surface area contributed by atoms with E-state index in [1.54, 1.807) is 0 Å². The first kappa shape index (κ1) is 11.5. The molecular weight excluding hydrogens is 232 g/mol. The highest BCUT2D eigenvalue weighted by atomic mass is 35.5. The van der Waals surface area contributed by atoms with Crippen molar-refractivity contribution in [2.75, 3.05) is 19.6 Å². The Morgan fingerprint density at radius 2 is 2.00 bits per heavy atom. The fourth-order valence-electron chi connectivity index (χ4n) is 3.40. The molecule has 1 aromatic rings. The Morgan fingerprint density at radius 3 is 2.65 bits per heavy atom. The molecule has 0 aromatic heterocycles.